The van der Waals surface area contributed by atoms with Crippen molar-refractivity contribution in [2.75, 3.05) is 11.1 Å². The van der Waals surface area contributed by atoms with E-state index in [1.54, 1.807) is 22.7 Å². The van der Waals surface area contributed by atoms with Gasteiger partial charge in [0.15, 0.2) is 10.8 Å². The fourth-order valence-electron chi connectivity index (χ4n) is 3.45. The summed E-state index contributed by atoms with van der Waals surface area (Å²) < 4.78 is 1.73. The highest BCUT2D eigenvalue weighted by Gasteiger charge is 2.13. The Hall–Kier alpha value is -3.65. The van der Waals surface area contributed by atoms with Crippen LogP contribution in [0.15, 0.2) is 78.1 Å². The van der Waals surface area contributed by atoms with Gasteiger partial charge < -0.3 is 10.6 Å². The molecule has 2 aromatic heterocycles. The Morgan fingerprint density at radius 3 is 2.50 bits per heavy atom. The summed E-state index contributed by atoms with van der Waals surface area (Å²) in [6, 6.07) is 21.2. The van der Waals surface area contributed by atoms with Gasteiger partial charge in [0, 0.05) is 18.4 Å². The van der Waals surface area contributed by atoms with E-state index in [4.69, 9.17) is 0 Å². The number of hydrogen-bond acceptors (Lipinski definition) is 5. The Kier molecular flexibility index (Phi) is 7.93. The molecule has 8 heteroatoms. The first kappa shape index (κ1) is 23.5. The molecule has 0 spiro atoms. The van der Waals surface area contributed by atoms with Crippen molar-refractivity contribution in [1.82, 2.24) is 19.9 Å². The second-order valence-corrected chi connectivity index (χ2v) is 8.88. The third kappa shape index (κ3) is 6.23. The molecular formula is C26H27N5O2S. The number of amides is 2. The minimum Gasteiger partial charge on any atom is -0.348 e. The maximum Gasteiger partial charge on any atom is 0.253 e. The number of benzene rings is 2. The van der Waals surface area contributed by atoms with Gasteiger partial charge in [0.25, 0.3) is 5.91 Å². The van der Waals surface area contributed by atoms with E-state index >= 15 is 0 Å². The molecule has 174 valence electrons. The standard InChI is InChI=1S/C26H27N5O2S/c1-2-3-7-19-10-13-22(14-11-19)28-24(32)18-34-26-30-29-23-15-12-21(17-31(23)26)25(33)27-16-20-8-5-4-6-9-20/h4-6,8-15,17H,2-3,7,16,18H2,1H3,(H,27,33)(H,28,32). The van der Waals surface area contributed by atoms with Gasteiger partial charge in [-0.25, -0.2) is 0 Å². The van der Waals surface area contributed by atoms with E-state index in [0.717, 1.165) is 30.5 Å². The maximum atomic E-state index is 12.6. The minimum absolute atomic E-state index is 0.125. The van der Waals surface area contributed by atoms with Crippen molar-refractivity contribution in [1.29, 1.82) is 0 Å². The van der Waals surface area contributed by atoms with Crippen LogP contribution in [-0.4, -0.2) is 32.2 Å². The number of thioether (sulfide) groups is 1. The van der Waals surface area contributed by atoms with Crippen molar-refractivity contribution in [2.45, 2.75) is 37.9 Å². The first-order chi connectivity index (χ1) is 16.6. The number of carbonyl (C=O) groups is 2. The highest BCUT2D eigenvalue weighted by atomic mass is 32.2. The van der Waals surface area contributed by atoms with Crippen LogP contribution in [0.1, 0.15) is 41.3 Å². The van der Waals surface area contributed by atoms with Crippen molar-refractivity contribution in [3.8, 4) is 0 Å². The Bertz CT molecular complexity index is 1260. The monoisotopic (exact) mass is 473 g/mol. The molecule has 2 amide bonds. The average molecular weight is 474 g/mol. The Labute approximate surface area is 203 Å². The van der Waals surface area contributed by atoms with Gasteiger partial charge >= 0.3 is 0 Å². The number of aryl methyl sites for hydroxylation is 1. The largest absolute Gasteiger partial charge is 0.348 e. The summed E-state index contributed by atoms with van der Waals surface area (Å²) in [5, 5.41) is 14.7. The normalized spacial score (nSPS) is 10.9. The van der Waals surface area contributed by atoms with Crippen LogP contribution in [0.4, 0.5) is 5.69 Å². The zero-order chi connectivity index (χ0) is 23.8. The molecule has 7 nitrogen and oxygen atoms in total. The molecule has 4 aromatic rings. The molecule has 0 aliphatic heterocycles. The van der Waals surface area contributed by atoms with Crippen molar-refractivity contribution < 1.29 is 9.59 Å². The molecule has 34 heavy (non-hydrogen) atoms. The SMILES string of the molecule is CCCCc1ccc(NC(=O)CSc2nnc3ccc(C(=O)NCc4ccccc4)cn23)cc1. The second kappa shape index (κ2) is 11.5. The lowest BCUT2D eigenvalue weighted by molar-refractivity contribution is -0.113. The highest BCUT2D eigenvalue weighted by molar-refractivity contribution is 7.99. The molecule has 2 heterocycles. The van der Waals surface area contributed by atoms with Crippen molar-refractivity contribution in [2.24, 2.45) is 0 Å². The van der Waals surface area contributed by atoms with Crippen LogP contribution in [0.25, 0.3) is 5.65 Å². The van der Waals surface area contributed by atoms with E-state index in [2.05, 4.69) is 39.9 Å². The van der Waals surface area contributed by atoms with Crippen LogP contribution < -0.4 is 10.6 Å². The van der Waals surface area contributed by atoms with E-state index in [9.17, 15) is 9.59 Å². The summed E-state index contributed by atoms with van der Waals surface area (Å²) in [6.45, 7) is 2.62. The van der Waals surface area contributed by atoms with E-state index < -0.39 is 0 Å². The lowest BCUT2D eigenvalue weighted by Gasteiger charge is -2.07. The van der Waals surface area contributed by atoms with Gasteiger partial charge in [-0.15, -0.1) is 10.2 Å². The number of nitrogens with one attached hydrogen (secondary N) is 2. The molecule has 0 radical (unpaired) electrons. The molecule has 0 saturated carbocycles. The number of fused-ring (bicyclic) bond motifs is 1. The number of anilines is 1. The van der Waals surface area contributed by atoms with Crippen LogP contribution >= 0.6 is 11.8 Å². The third-order valence-corrected chi connectivity index (χ3v) is 6.26. The lowest BCUT2D eigenvalue weighted by Crippen LogP contribution is -2.23. The molecule has 0 unspecified atom stereocenters. The number of hydrogen-bond donors (Lipinski definition) is 2. The second-order valence-electron chi connectivity index (χ2n) is 7.93. The number of pyridine rings is 1. The summed E-state index contributed by atoms with van der Waals surface area (Å²) in [7, 11) is 0. The van der Waals surface area contributed by atoms with Crippen molar-refractivity contribution in [3.05, 3.63) is 89.6 Å². The van der Waals surface area contributed by atoms with Crippen molar-refractivity contribution >= 4 is 34.9 Å². The summed E-state index contributed by atoms with van der Waals surface area (Å²) >= 11 is 1.27. The summed E-state index contributed by atoms with van der Waals surface area (Å²) in [6.07, 6.45) is 5.07. The third-order valence-electron chi connectivity index (χ3n) is 5.32. The van der Waals surface area contributed by atoms with Crippen LogP contribution in [0, 0.1) is 0 Å². The molecule has 0 aliphatic carbocycles. The molecule has 2 aromatic carbocycles. The van der Waals surface area contributed by atoms with E-state index in [1.165, 1.54) is 17.3 Å². The fourth-order valence-corrected chi connectivity index (χ4v) is 4.16. The zero-order valence-corrected chi connectivity index (χ0v) is 19.8. The van der Waals surface area contributed by atoms with Gasteiger partial charge in [0.1, 0.15) is 0 Å². The minimum atomic E-state index is -0.185. The molecule has 4 rings (SSSR count). The maximum absolute atomic E-state index is 12.6. The summed E-state index contributed by atoms with van der Waals surface area (Å²) in [5.41, 5.74) is 4.18. The Morgan fingerprint density at radius 1 is 0.941 bits per heavy atom. The zero-order valence-electron chi connectivity index (χ0n) is 19.0. The smallest absolute Gasteiger partial charge is 0.253 e. The Morgan fingerprint density at radius 2 is 1.74 bits per heavy atom. The molecule has 2 N–H and O–H groups in total. The quantitative estimate of drug-likeness (QED) is 0.325. The lowest BCUT2D eigenvalue weighted by atomic mass is 10.1. The van der Waals surface area contributed by atoms with Gasteiger partial charge in [0.2, 0.25) is 5.91 Å². The Balaban J connectivity index is 1.34. The summed E-state index contributed by atoms with van der Waals surface area (Å²) in [5.74, 6) is -0.127. The van der Waals surface area contributed by atoms with Gasteiger partial charge in [0.05, 0.1) is 11.3 Å². The first-order valence-electron chi connectivity index (χ1n) is 11.3. The van der Waals surface area contributed by atoms with E-state index in [-0.39, 0.29) is 17.6 Å². The van der Waals surface area contributed by atoms with Crippen LogP contribution in [0.3, 0.4) is 0 Å². The van der Waals surface area contributed by atoms with Crippen LogP contribution in [0.2, 0.25) is 0 Å². The van der Waals surface area contributed by atoms with Gasteiger partial charge in [-0.1, -0.05) is 67.6 Å². The highest BCUT2D eigenvalue weighted by Crippen LogP contribution is 2.19. The topological polar surface area (TPSA) is 88.4 Å². The molecule has 0 saturated heterocycles. The molecule has 0 fully saturated rings. The van der Waals surface area contributed by atoms with Crippen molar-refractivity contribution in [3.63, 3.8) is 0 Å². The fraction of sp³-hybridized carbons (Fsp3) is 0.231. The van der Waals surface area contributed by atoms with Crippen LogP contribution in [0.5, 0.6) is 0 Å². The number of unbranched alkanes of at least 4 members (excludes halogenated alkanes) is 1. The van der Waals surface area contributed by atoms with Gasteiger partial charge in [-0.2, -0.15) is 0 Å². The van der Waals surface area contributed by atoms with Gasteiger partial charge in [-0.3, -0.25) is 14.0 Å². The van der Waals surface area contributed by atoms with E-state index in [1.807, 2.05) is 42.5 Å². The van der Waals surface area contributed by atoms with Gasteiger partial charge in [-0.05, 0) is 48.2 Å². The predicted molar refractivity (Wildman–Crippen MR) is 135 cm³/mol. The average Bonchev–Trinajstić information content (AvgIpc) is 3.28. The van der Waals surface area contributed by atoms with Crippen LogP contribution in [-0.2, 0) is 17.8 Å². The number of aromatic nitrogens is 3. The van der Waals surface area contributed by atoms with E-state index in [0.29, 0.717) is 22.9 Å². The first-order valence-corrected chi connectivity index (χ1v) is 12.3. The predicted octanol–water partition coefficient (Wildman–Crippen LogP) is 4.73. The molecule has 0 bridgehead atoms. The molecular weight excluding hydrogens is 446 g/mol. The number of carbonyl (C=O) groups excluding carboxylic acids is 2. The number of rotatable bonds is 10. The molecule has 0 atom stereocenters. The summed E-state index contributed by atoms with van der Waals surface area (Å²) in [4.78, 5) is 25.1. The molecule has 0 aliphatic rings. The number of nitrogens with zero attached hydrogens (tertiary/aromatic N) is 3.